The summed E-state index contributed by atoms with van der Waals surface area (Å²) in [5, 5.41) is 5.19. The monoisotopic (exact) mass is 417 g/mol. The quantitative estimate of drug-likeness (QED) is 0.345. The van der Waals surface area contributed by atoms with Crippen molar-refractivity contribution in [1.82, 2.24) is 4.90 Å². The van der Waals surface area contributed by atoms with Crippen LogP contribution in [0.15, 0.2) is 84.9 Å². The molecule has 158 valence electrons. The van der Waals surface area contributed by atoms with E-state index in [0.29, 0.717) is 0 Å². The third-order valence-electron chi connectivity index (χ3n) is 6.81. The highest BCUT2D eigenvalue weighted by atomic mass is 16.5. The minimum atomic E-state index is 0.858. The number of benzene rings is 4. The molecule has 0 spiro atoms. The summed E-state index contributed by atoms with van der Waals surface area (Å²) in [5.74, 6) is 0. The maximum absolute atomic E-state index is 5.51. The van der Waals surface area contributed by atoms with Crippen molar-refractivity contribution in [3.8, 4) is 0 Å². The van der Waals surface area contributed by atoms with E-state index in [0.717, 1.165) is 39.3 Å². The molecule has 1 aliphatic heterocycles. The Kier molecular flexibility index (Phi) is 5.10. The Labute approximate surface area is 189 Å². The van der Waals surface area contributed by atoms with Gasteiger partial charge in [-0.05, 0) is 74.0 Å². The molecule has 0 bridgehead atoms. The highest BCUT2D eigenvalue weighted by Gasteiger charge is 2.19. The summed E-state index contributed by atoms with van der Waals surface area (Å²) in [4.78, 5) is 2.52. The van der Waals surface area contributed by atoms with Gasteiger partial charge in [0.2, 0.25) is 0 Å². The zero-order valence-corrected chi connectivity index (χ0v) is 18.3. The number of hydrogen-bond donors (Lipinski definition) is 0. The van der Waals surface area contributed by atoms with Gasteiger partial charge in [-0.3, -0.25) is 4.90 Å². The predicted molar refractivity (Wildman–Crippen MR) is 136 cm³/mol. The van der Waals surface area contributed by atoms with Crippen molar-refractivity contribution in [2.75, 3.05) is 32.8 Å². The fourth-order valence-electron chi connectivity index (χ4n) is 5.07. The van der Waals surface area contributed by atoms with Gasteiger partial charge < -0.3 is 4.74 Å². The summed E-state index contributed by atoms with van der Waals surface area (Å²) in [6.45, 7) is 4.90. The van der Waals surface area contributed by atoms with Crippen LogP contribution in [0.4, 0.5) is 0 Å². The lowest BCUT2D eigenvalue weighted by Gasteiger charge is -2.26. The SMILES string of the molecule is C1=C(CCN2CCOCC2)c2ccccc2/C1=C/c1cccc2cc3ccccc3cc12. The molecule has 0 amide bonds. The molecule has 0 atom stereocenters. The second-order valence-electron chi connectivity index (χ2n) is 8.79. The van der Waals surface area contributed by atoms with Gasteiger partial charge in [-0.1, -0.05) is 72.8 Å². The average molecular weight is 418 g/mol. The fourth-order valence-corrected chi connectivity index (χ4v) is 5.07. The first-order chi connectivity index (χ1) is 15.8. The van der Waals surface area contributed by atoms with E-state index in [2.05, 4.69) is 95.9 Å². The highest BCUT2D eigenvalue weighted by molar-refractivity contribution is 6.07. The van der Waals surface area contributed by atoms with Gasteiger partial charge in [0, 0.05) is 19.6 Å². The fraction of sp³-hybridized carbons (Fsp3) is 0.200. The van der Waals surface area contributed by atoms with E-state index in [1.807, 2.05) is 0 Å². The van der Waals surface area contributed by atoms with E-state index < -0.39 is 0 Å². The summed E-state index contributed by atoms with van der Waals surface area (Å²) in [6.07, 6.45) is 5.86. The molecule has 32 heavy (non-hydrogen) atoms. The van der Waals surface area contributed by atoms with Crippen LogP contribution in [-0.4, -0.2) is 37.7 Å². The first-order valence-electron chi connectivity index (χ1n) is 11.6. The molecule has 4 aromatic carbocycles. The Morgan fingerprint density at radius 1 is 0.750 bits per heavy atom. The number of fused-ring (bicyclic) bond motifs is 3. The Balaban J connectivity index is 1.39. The number of allylic oxidation sites excluding steroid dienone is 2. The molecule has 0 aromatic heterocycles. The topological polar surface area (TPSA) is 12.5 Å². The molecule has 1 fully saturated rings. The van der Waals surface area contributed by atoms with Crippen molar-refractivity contribution in [3.05, 3.63) is 102 Å². The summed E-state index contributed by atoms with van der Waals surface area (Å²) < 4.78 is 5.51. The van der Waals surface area contributed by atoms with Gasteiger partial charge in [-0.2, -0.15) is 0 Å². The number of ether oxygens (including phenoxy) is 1. The van der Waals surface area contributed by atoms with Gasteiger partial charge in [0.25, 0.3) is 0 Å². The van der Waals surface area contributed by atoms with Crippen LogP contribution in [0.2, 0.25) is 0 Å². The van der Waals surface area contributed by atoms with Crippen LogP contribution < -0.4 is 0 Å². The van der Waals surface area contributed by atoms with Crippen LogP contribution in [0.1, 0.15) is 23.1 Å². The molecule has 2 heteroatoms. The van der Waals surface area contributed by atoms with Crippen molar-refractivity contribution in [2.24, 2.45) is 0 Å². The first kappa shape index (κ1) is 19.5. The smallest absolute Gasteiger partial charge is 0.0594 e. The van der Waals surface area contributed by atoms with Gasteiger partial charge in [-0.15, -0.1) is 0 Å². The maximum Gasteiger partial charge on any atom is 0.0594 e. The lowest BCUT2D eigenvalue weighted by atomic mass is 9.97. The Bertz CT molecular complexity index is 1360. The Morgan fingerprint density at radius 2 is 1.47 bits per heavy atom. The van der Waals surface area contributed by atoms with Crippen molar-refractivity contribution < 1.29 is 4.74 Å². The summed E-state index contributed by atoms with van der Waals surface area (Å²) in [6, 6.07) is 28.7. The molecule has 0 unspecified atom stereocenters. The van der Waals surface area contributed by atoms with E-state index in [1.165, 1.54) is 49.4 Å². The number of nitrogens with zero attached hydrogens (tertiary/aromatic N) is 1. The van der Waals surface area contributed by atoms with Gasteiger partial charge in [0.15, 0.2) is 0 Å². The third-order valence-corrected chi connectivity index (χ3v) is 6.81. The largest absolute Gasteiger partial charge is 0.379 e. The van der Waals surface area contributed by atoms with Gasteiger partial charge in [0.05, 0.1) is 13.2 Å². The predicted octanol–water partition coefficient (Wildman–Crippen LogP) is 6.65. The lowest BCUT2D eigenvalue weighted by molar-refractivity contribution is 0.0390. The van der Waals surface area contributed by atoms with Crippen LogP contribution >= 0.6 is 0 Å². The molecule has 4 aromatic rings. The summed E-state index contributed by atoms with van der Waals surface area (Å²) in [5.41, 5.74) is 6.78. The maximum atomic E-state index is 5.51. The first-order valence-corrected chi connectivity index (χ1v) is 11.6. The molecule has 2 nitrogen and oxygen atoms in total. The summed E-state index contributed by atoms with van der Waals surface area (Å²) >= 11 is 0. The summed E-state index contributed by atoms with van der Waals surface area (Å²) in [7, 11) is 0. The Hall–Kier alpha value is -3.20. The average Bonchev–Trinajstić information content (AvgIpc) is 3.20. The van der Waals surface area contributed by atoms with Crippen molar-refractivity contribution in [2.45, 2.75) is 6.42 Å². The van der Waals surface area contributed by atoms with Crippen LogP contribution in [0.5, 0.6) is 0 Å². The zero-order valence-electron chi connectivity index (χ0n) is 18.3. The second kappa shape index (κ2) is 8.38. The van der Waals surface area contributed by atoms with Gasteiger partial charge >= 0.3 is 0 Å². The molecule has 1 saturated heterocycles. The van der Waals surface area contributed by atoms with E-state index >= 15 is 0 Å². The second-order valence-corrected chi connectivity index (χ2v) is 8.79. The van der Waals surface area contributed by atoms with Crippen LogP contribution in [0.25, 0.3) is 38.8 Å². The third kappa shape index (κ3) is 3.66. The minimum absolute atomic E-state index is 0.858. The molecule has 2 aliphatic rings. The molecule has 1 heterocycles. The highest BCUT2D eigenvalue weighted by Crippen LogP contribution is 2.39. The normalized spacial score (nSPS) is 17.8. The molecular weight excluding hydrogens is 390 g/mol. The van der Waals surface area contributed by atoms with Crippen molar-refractivity contribution >= 4 is 38.8 Å². The molecule has 6 rings (SSSR count). The lowest BCUT2D eigenvalue weighted by Crippen LogP contribution is -2.36. The van der Waals surface area contributed by atoms with Crippen molar-refractivity contribution in [1.29, 1.82) is 0 Å². The molecular formula is C30H27NO. The van der Waals surface area contributed by atoms with Gasteiger partial charge in [0.1, 0.15) is 0 Å². The standard InChI is InChI=1S/C30H27NO/c1-2-7-23-21-30-24(18-22(23)6-1)8-5-9-25(30)19-27-20-26(28-10-3-4-11-29(27)28)12-13-31-14-16-32-17-15-31/h1-11,18-21H,12-17H2/b27-19+. The van der Waals surface area contributed by atoms with Crippen LogP contribution in [0, 0.1) is 0 Å². The van der Waals surface area contributed by atoms with Crippen LogP contribution in [-0.2, 0) is 4.74 Å². The van der Waals surface area contributed by atoms with E-state index in [1.54, 1.807) is 0 Å². The van der Waals surface area contributed by atoms with Crippen LogP contribution in [0.3, 0.4) is 0 Å². The van der Waals surface area contributed by atoms with Gasteiger partial charge in [-0.25, -0.2) is 0 Å². The number of morpholine rings is 1. The molecule has 0 radical (unpaired) electrons. The molecule has 1 aliphatic carbocycles. The number of rotatable bonds is 4. The van der Waals surface area contributed by atoms with E-state index in [-0.39, 0.29) is 0 Å². The molecule has 0 saturated carbocycles. The number of hydrogen-bond acceptors (Lipinski definition) is 2. The Morgan fingerprint density at radius 3 is 2.31 bits per heavy atom. The van der Waals surface area contributed by atoms with E-state index in [9.17, 15) is 0 Å². The van der Waals surface area contributed by atoms with Crippen molar-refractivity contribution in [3.63, 3.8) is 0 Å². The molecule has 0 N–H and O–H groups in total. The zero-order chi connectivity index (χ0) is 21.3. The van der Waals surface area contributed by atoms with E-state index in [4.69, 9.17) is 4.74 Å². The minimum Gasteiger partial charge on any atom is -0.379 e.